The van der Waals surface area contributed by atoms with Gasteiger partial charge in [-0.05, 0) is 38.0 Å². The molecule has 1 N–H and O–H groups in total. The van der Waals surface area contributed by atoms with E-state index < -0.39 is 0 Å². The predicted octanol–water partition coefficient (Wildman–Crippen LogP) is 3.82. The molecule has 3 rings (SSSR count). The van der Waals surface area contributed by atoms with E-state index >= 15 is 0 Å². The Morgan fingerprint density at radius 3 is 3.00 bits per heavy atom. The van der Waals surface area contributed by atoms with Crippen LogP contribution in [0.2, 0.25) is 0 Å². The molecule has 4 nitrogen and oxygen atoms in total. The Hall–Kier alpha value is -1.62. The minimum absolute atomic E-state index is 0.117. The fourth-order valence-corrected chi connectivity index (χ4v) is 3.51. The number of carbonyl (C=O) groups is 1. The number of fused-ring (bicyclic) bond motifs is 1. The summed E-state index contributed by atoms with van der Waals surface area (Å²) in [5.74, 6) is 1.13. The number of thiazole rings is 1. The van der Waals surface area contributed by atoms with Gasteiger partial charge in [-0.1, -0.05) is 24.2 Å². The predicted molar refractivity (Wildman–Crippen MR) is 81.4 cm³/mol. The highest BCUT2D eigenvalue weighted by molar-refractivity contribution is 7.22. The summed E-state index contributed by atoms with van der Waals surface area (Å²) in [4.78, 5) is 16.5. The third-order valence-electron chi connectivity index (χ3n) is 3.63. The second-order valence-electron chi connectivity index (χ2n) is 5.05. The highest BCUT2D eigenvalue weighted by Gasteiger charge is 2.23. The number of nitrogens with zero attached hydrogens (tertiary/aromatic N) is 1. The van der Waals surface area contributed by atoms with Gasteiger partial charge in [0, 0.05) is 5.92 Å². The van der Waals surface area contributed by atoms with Crippen molar-refractivity contribution in [3.05, 3.63) is 18.2 Å². The van der Waals surface area contributed by atoms with Crippen molar-refractivity contribution in [2.24, 2.45) is 5.92 Å². The van der Waals surface area contributed by atoms with E-state index in [1.165, 1.54) is 11.3 Å². The van der Waals surface area contributed by atoms with Crippen LogP contribution in [0.4, 0.5) is 5.13 Å². The molecule has 106 valence electrons. The standard InChI is InChI=1S/C15H18N2O2S/c1-2-19-11-7-8-12-13(9-11)20-15(16-12)17-14(18)10-5-3-4-6-10/h7-10H,2-6H2,1H3,(H,16,17,18). The Kier molecular flexibility index (Phi) is 3.87. The van der Waals surface area contributed by atoms with Gasteiger partial charge >= 0.3 is 0 Å². The van der Waals surface area contributed by atoms with Crippen molar-refractivity contribution < 1.29 is 9.53 Å². The van der Waals surface area contributed by atoms with Crippen LogP contribution >= 0.6 is 11.3 Å². The van der Waals surface area contributed by atoms with E-state index in [4.69, 9.17) is 4.74 Å². The summed E-state index contributed by atoms with van der Waals surface area (Å²) in [5.41, 5.74) is 0.903. The van der Waals surface area contributed by atoms with E-state index in [-0.39, 0.29) is 11.8 Å². The molecule has 0 bridgehead atoms. The summed E-state index contributed by atoms with van der Waals surface area (Å²) in [6.07, 6.45) is 4.34. The summed E-state index contributed by atoms with van der Waals surface area (Å²) in [6.45, 7) is 2.61. The van der Waals surface area contributed by atoms with E-state index in [0.29, 0.717) is 11.7 Å². The Balaban J connectivity index is 1.76. The first-order valence-electron chi connectivity index (χ1n) is 7.10. The van der Waals surface area contributed by atoms with Crippen LogP contribution in [0.15, 0.2) is 18.2 Å². The van der Waals surface area contributed by atoms with Crippen molar-refractivity contribution >= 4 is 32.6 Å². The van der Waals surface area contributed by atoms with E-state index in [9.17, 15) is 4.79 Å². The monoisotopic (exact) mass is 290 g/mol. The van der Waals surface area contributed by atoms with Gasteiger partial charge in [0.15, 0.2) is 5.13 Å². The molecule has 1 aromatic heterocycles. The number of nitrogens with one attached hydrogen (secondary N) is 1. The van der Waals surface area contributed by atoms with Gasteiger partial charge in [-0.25, -0.2) is 4.98 Å². The molecular formula is C15H18N2O2S. The number of aromatic nitrogens is 1. The smallest absolute Gasteiger partial charge is 0.229 e. The summed E-state index contributed by atoms with van der Waals surface area (Å²) in [6, 6.07) is 5.82. The summed E-state index contributed by atoms with van der Waals surface area (Å²) in [5, 5.41) is 3.64. The molecule has 5 heteroatoms. The fourth-order valence-electron chi connectivity index (χ4n) is 2.61. The average Bonchev–Trinajstić information content (AvgIpc) is 3.06. The topological polar surface area (TPSA) is 51.2 Å². The van der Waals surface area contributed by atoms with Crippen LogP contribution < -0.4 is 10.1 Å². The van der Waals surface area contributed by atoms with Crippen molar-refractivity contribution in [3.63, 3.8) is 0 Å². The van der Waals surface area contributed by atoms with Crippen LogP contribution in [0.25, 0.3) is 10.2 Å². The average molecular weight is 290 g/mol. The summed E-state index contributed by atoms with van der Waals surface area (Å²) < 4.78 is 6.52. The molecule has 1 saturated carbocycles. The van der Waals surface area contributed by atoms with Gasteiger partial charge in [-0.15, -0.1) is 0 Å². The van der Waals surface area contributed by atoms with Crippen LogP contribution in [0.5, 0.6) is 5.75 Å². The zero-order chi connectivity index (χ0) is 13.9. The van der Waals surface area contributed by atoms with Crippen molar-refractivity contribution in [1.82, 2.24) is 4.98 Å². The van der Waals surface area contributed by atoms with Crippen LogP contribution in [0.1, 0.15) is 32.6 Å². The first-order valence-corrected chi connectivity index (χ1v) is 7.92. The zero-order valence-electron chi connectivity index (χ0n) is 11.5. The summed E-state index contributed by atoms with van der Waals surface area (Å²) in [7, 11) is 0. The minimum Gasteiger partial charge on any atom is -0.494 e. The van der Waals surface area contributed by atoms with Gasteiger partial charge in [-0.3, -0.25) is 4.79 Å². The molecule has 1 aromatic carbocycles. The molecule has 1 aliphatic rings. The van der Waals surface area contributed by atoms with Crippen molar-refractivity contribution in [2.45, 2.75) is 32.6 Å². The van der Waals surface area contributed by atoms with Crippen LogP contribution in [0, 0.1) is 5.92 Å². The quantitative estimate of drug-likeness (QED) is 0.931. The van der Waals surface area contributed by atoms with Gasteiger partial charge in [0.2, 0.25) is 5.91 Å². The first-order chi connectivity index (χ1) is 9.76. The number of anilines is 1. The maximum Gasteiger partial charge on any atom is 0.229 e. The Morgan fingerprint density at radius 1 is 1.45 bits per heavy atom. The van der Waals surface area contributed by atoms with Crippen molar-refractivity contribution in [1.29, 1.82) is 0 Å². The second-order valence-corrected chi connectivity index (χ2v) is 6.08. The van der Waals surface area contributed by atoms with Crippen LogP contribution in [0.3, 0.4) is 0 Å². The Morgan fingerprint density at radius 2 is 2.25 bits per heavy atom. The third-order valence-corrected chi connectivity index (χ3v) is 4.56. The lowest BCUT2D eigenvalue weighted by Crippen LogP contribution is -2.19. The zero-order valence-corrected chi connectivity index (χ0v) is 12.3. The van der Waals surface area contributed by atoms with E-state index in [2.05, 4.69) is 10.3 Å². The lowest BCUT2D eigenvalue weighted by atomic mass is 10.1. The number of hydrogen-bond acceptors (Lipinski definition) is 4. The molecule has 1 amide bonds. The highest BCUT2D eigenvalue weighted by Crippen LogP contribution is 2.31. The van der Waals surface area contributed by atoms with E-state index in [1.54, 1.807) is 0 Å². The number of hydrogen-bond donors (Lipinski definition) is 1. The number of amides is 1. The van der Waals surface area contributed by atoms with Gasteiger partial charge in [0.1, 0.15) is 5.75 Å². The molecule has 1 heterocycles. The maximum absolute atomic E-state index is 12.1. The molecule has 0 atom stereocenters. The normalized spacial score (nSPS) is 15.7. The number of carbonyl (C=O) groups excluding carboxylic acids is 1. The van der Waals surface area contributed by atoms with E-state index in [0.717, 1.165) is 41.6 Å². The van der Waals surface area contributed by atoms with Gasteiger partial charge < -0.3 is 10.1 Å². The molecule has 0 spiro atoms. The van der Waals surface area contributed by atoms with Gasteiger partial charge in [0.25, 0.3) is 0 Å². The van der Waals surface area contributed by atoms with Crippen molar-refractivity contribution in [2.75, 3.05) is 11.9 Å². The largest absolute Gasteiger partial charge is 0.494 e. The van der Waals surface area contributed by atoms with Crippen molar-refractivity contribution in [3.8, 4) is 5.75 Å². The molecule has 1 aliphatic carbocycles. The molecule has 0 radical (unpaired) electrons. The number of ether oxygens (including phenoxy) is 1. The van der Waals surface area contributed by atoms with Crippen LogP contribution in [-0.2, 0) is 4.79 Å². The number of benzene rings is 1. The second kappa shape index (κ2) is 5.79. The maximum atomic E-state index is 12.1. The van der Waals surface area contributed by atoms with Gasteiger partial charge in [0.05, 0.1) is 16.8 Å². The fraction of sp³-hybridized carbons (Fsp3) is 0.467. The molecule has 2 aromatic rings. The lowest BCUT2D eigenvalue weighted by Gasteiger charge is -2.06. The van der Waals surface area contributed by atoms with E-state index in [1.807, 2.05) is 25.1 Å². The molecular weight excluding hydrogens is 272 g/mol. The molecule has 0 unspecified atom stereocenters. The molecule has 0 aliphatic heterocycles. The summed E-state index contributed by atoms with van der Waals surface area (Å²) >= 11 is 1.50. The third kappa shape index (κ3) is 2.77. The SMILES string of the molecule is CCOc1ccc2nc(NC(=O)C3CCCC3)sc2c1. The lowest BCUT2D eigenvalue weighted by molar-refractivity contribution is -0.119. The molecule has 0 saturated heterocycles. The highest BCUT2D eigenvalue weighted by atomic mass is 32.1. The molecule has 20 heavy (non-hydrogen) atoms. The number of rotatable bonds is 4. The first kappa shape index (κ1) is 13.4. The minimum atomic E-state index is 0.117. The van der Waals surface area contributed by atoms with Gasteiger partial charge in [-0.2, -0.15) is 0 Å². The Labute approximate surface area is 122 Å². The molecule has 1 fully saturated rings. The van der Waals surface area contributed by atoms with Crippen LogP contribution in [-0.4, -0.2) is 17.5 Å². The Bertz CT molecular complexity index is 617.